The molecule has 0 saturated heterocycles. The van der Waals surface area contributed by atoms with Crippen LogP contribution < -0.4 is 5.32 Å². The topological polar surface area (TPSA) is 81.6 Å². The Labute approximate surface area is 121 Å². The summed E-state index contributed by atoms with van der Waals surface area (Å²) in [5.74, 6) is 0.891. The number of hydrogen-bond acceptors (Lipinski definition) is 4. The minimum atomic E-state index is -0.262. The highest BCUT2D eigenvalue weighted by atomic mass is 32.2. The Kier molecular flexibility index (Phi) is 4.43. The Morgan fingerprint density at radius 3 is 3.00 bits per heavy atom. The van der Waals surface area contributed by atoms with Crippen LogP contribution in [0, 0.1) is 18.3 Å². The lowest BCUT2D eigenvalue weighted by molar-refractivity contribution is 0.102. The van der Waals surface area contributed by atoms with Crippen LogP contribution in [0.3, 0.4) is 0 Å². The first-order valence-corrected chi connectivity index (χ1v) is 7.13. The molecule has 2 rings (SSSR count). The highest BCUT2D eigenvalue weighted by Gasteiger charge is 2.15. The molecule has 0 fully saturated rings. The van der Waals surface area contributed by atoms with Crippen LogP contribution >= 0.6 is 11.8 Å². The lowest BCUT2D eigenvalue weighted by Crippen LogP contribution is -2.13. The van der Waals surface area contributed by atoms with Gasteiger partial charge in [-0.1, -0.05) is 24.6 Å². The van der Waals surface area contributed by atoms with Gasteiger partial charge in [-0.05, 0) is 24.8 Å². The number of hydrogen-bond donors (Lipinski definition) is 2. The average Bonchev–Trinajstić information content (AvgIpc) is 2.81. The van der Waals surface area contributed by atoms with E-state index in [1.54, 1.807) is 12.1 Å². The third-order valence-corrected chi connectivity index (χ3v) is 3.50. The van der Waals surface area contributed by atoms with Gasteiger partial charge in [-0.15, -0.1) is 11.8 Å². The quantitative estimate of drug-likeness (QED) is 0.847. The average molecular weight is 286 g/mol. The van der Waals surface area contributed by atoms with Crippen LogP contribution in [0.1, 0.15) is 28.4 Å². The van der Waals surface area contributed by atoms with Crippen molar-refractivity contribution in [2.75, 3.05) is 11.1 Å². The number of nitrogens with one attached hydrogen (secondary N) is 2. The number of anilines is 1. The molecule has 0 unspecified atom stereocenters. The van der Waals surface area contributed by atoms with Crippen molar-refractivity contribution in [1.29, 1.82) is 5.26 Å². The van der Waals surface area contributed by atoms with Gasteiger partial charge in [-0.3, -0.25) is 9.89 Å². The van der Waals surface area contributed by atoms with E-state index >= 15 is 0 Å². The van der Waals surface area contributed by atoms with Crippen LogP contribution in [0.15, 0.2) is 29.3 Å². The van der Waals surface area contributed by atoms with Gasteiger partial charge in [0.25, 0.3) is 5.91 Å². The van der Waals surface area contributed by atoms with Gasteiger partial charge in [-0.25, -0.2) is 0 Å². The molecule has 5 nitrogen and oxygen atoms in total. The van der Waals surface area contributed by atoms with Crippen molar-refractivity contribution in [3.63, 3.8) is 0 Å². The van der Waals surface area contributed by atoms with Crippen molar-refractivity contribution in [2.45, 2.75) is 18.9 Å². The molecular formula is C14H14N4OS. The molecule has 1 heterocycles. The van der Waals surface area contributed by atoms with Crippen molar-refractivity contribution in [1.82, 2.24) is 10.2 Å². The smallest absolute Gasteiger partial charge is 0.256 e. The van der Waals surface area contributed by atoms with Gasteiger partial charge in [-0.2, -0.15) is 10.4 Å². The van der Waals surface area contributed by atoms with E-state index in [0.717, 1.165) is 11.3 Å². The molecule has 1 aromatic heterocycles. The molecule has 0 spiro atoms. The van der Waals surface area contributed by atoms with E-state index in [0.29, 0.717) is 22.0 Å². The number of H-pyrrole nitrogens is 1. The van der Waals surface area contributed by atoms with Crippen LogP contribution in [0.25, 0.3) is 0 Å². The summed E-state index contributed by atoms with van der Waals surface area (Å²) in [6, 6.07) is 9.33. The maximum absolute atomic E-state index is 12.1. The standard InChI is InChI=1S/C14H14N4OS/c1-3-20-14-11(8-15)12(17-18-14)16-13(19)10-6-4-5-9(2)7-10/h4-7H,3H2,1-2H3,(H2,16,17,18,19). The highest BCUT2D eigenvalue weighted by molar-refractivity contribution is 7.99. The first kappa shape index (κ1) is 14.2. The molecule has 102 valence electrons. The fourth-order valence-corrected chi connectivity index (χ4v) is 2.41. The predicted molar refractivity (Wildman–Crippen MR) is 78.8 cm³/mol. The third kappa shape index (κ3) is 3.00. The normalized spacial score (nSPS) is 10.1. The summed E-state index contributed by atoms with van der Waals surface area (Å²) >= 11 is 1.46. The number of benzene rings is 1. The molecule has 0 radical (unpaired) electrons. The number of aromatic amines is 1. The van der Waals surface area contributed by atoms with Gasteiger partial charge < -0.3 is 5.32 Å². The predicted octanol–water partition coefficient (Wildman–Crippen LogP) is 2.95. The highest BCUT2D eigenvalue weighted by Crippen LogP contribution is 2.25. The van der Waals surface area contributed by atoms with Crippen molar-refractivity contribution >= 4 is 23.5 Å². The number of aromatic nitrogens is 2. The van der Waals surface area contributed by atoms with Crippen molar-refractivity contribution in [2.24, 2.45) is 0 Å². The maximum atomic E-state index is 12.1. The Hall–Kier alpha value is -2.26. The Bertz CT molecular complexity index is 672. The lowest BCUT2D eigenvalue weighted by atomic mass is 10.1. The molecule has 2 aromatic rings. The zero-order chi connectivity index (χ0) is 14.5. The monoisotopic (exact) mass is 286 g/mol. The zero-order valence-corrected chi connectivity index (χ0v) is 12.0. The SMILES string of the molecule is CCSc1n[nH]c(NC(=O)c2cccc(C)c2)c1C#N. The van der Waals surface area contributed by atoms with Crippen LogP contribution in [0.4, 0.5) is 5.82 Å². The molecule has 1 aromatic carbocycles. The number of carbonyl (C=O) groups is 1. The van der Waals surface area contributed by atoms with Gasteiger partial charge in [0, 0.05) is 5.56 Å². The minimum absolute atomic E-state index is 0.262. The lowest BCUT2D eigenvalue weighted by Gasteiger charge is -2.04. The molecule has 20 heavy (non-hydrogen) atoms. The first-order valence-electron chi connectivity index (χ1n) is 6.15. The largest absolute Gasteiger partial charge is 0.306 e. The second kappa shape index (κ2) is 6.26. The fraction of sp³-hybridized carbons (Fsp3) is 0.214. The number of amides is 1. The zero-order valence-electron chi connectivity index (χ0n) is 11.2. The third-order valence-electron chi connectivity index (χ3n) is 2.64. The van der Waals surface area contributed by atoms with Crippen molar-refractivity contribution in [3.05, 3.63) is 41.0 Å². The molecule has 0 aliphatic carbocycles. The number of thioether (sulfide) groups is 1. The van der Waals surface area contributed by atoms with Gasteiger partial charge in [0.2, 0.25) is 0 Å². The Morgan fingerprint density at radius 1 is 1.55 bits per heavy atom. The summed E-state index contributed by atoms with van der Waals surface area (Å²) in [7, 11) is 0. The summed E-state index contributed by atoms with van der Waals surface area (Å²) in [5, 5.41) is 19.2. The van der Waals surface area contributed by atoms with E-state index in [1.165, 1.54) is 11.8 Å². The number of nitrogens with zero attached hydrogens (tertiary/aromatic N) is 2. The number of rotatable bonds is 4. The number of aryl methyl sites for hydroxylation is 1. The van der Waals surface area contributed by atoms with E-state index in [9.17, 15) is 4.79 Å². The van der Waals surface area contributed by atoms with E-state index in [1.807, 2.05) is 26.0 Å². The molecule has 0 saturated carbocycles. The molecule has 0 aliphatic heterocycles. The fourth-order valence-electron chi connectivity index (χ4n) is 1.73. The number of carbonyl (C=O) groups excluding carboxylic acids is 1. The van der Waals surface area contributed by atoms with Gasteiger partial charge in [0.05, 0.1) is 0 Å². The molecular weight excluding hydrogens is 272 g/mol. The molecule has 0 bridgehead atoms. The molecule has 2 N–H and O–H groups in total. The van der Waals surface area contributed by atoms with Gasteiger partial charge >= 0.3 is 0 Å². The van der Waals surface area contributed by atoms with Gasteiger partial charge in [0.15, 0.2) is 0 Å². The Balaban J connectivity index is 2.22. The van der Waals surface area contributed by atoms with Gasteiger partial charge in [0.1, 0.15) is 22.5 Å². The summed E-state index contributed by atoms with van der Waals surface area (Å²) in [6.07, 6.45) is 0. The van der Waals surface area contributed by atoms with Crippen LogP contribution in [0.2, 0.25) is 0 Å². The summed E-state index contributed by atoms with van der Waals surface area (Å²) in [4.78, 5) is 12.1. The van der Waals surface area contributed by atoms with Crippen molar-refractivity contribution < 1.29 is 4.79 Å². The molecule has 6 heteroatoms. The minimum Gasteiger partial charge on any atom is -0.306 e. The maximum Gasteiger partial charge on any atom is 0.256 e. The number of nitriles is 1. The van der Waals surface area contributed by atoms with E-state index < -0.39 is 0 Å². The van der Waals surface area contributed by atoms with Crippen molar-refractivity contribution in [3.8, 4) is 6.07 Å². The summed E-state index contributed by atoms with van der Waals surface area (Å²) in [5.41, 5.74) is 1.93. The van der Waals surface area contributed by atoms with Crippen LogP contribution in [0.5, 0.6) is 0 Å². The van der Waals surface area contributed by atoms with E-state index in [2.05, 4.69) is 21.6 Å². The second-order valence-corrected chi connectivity index (χ2v) is 5.40. The Morgan fingerprint density at radius 2 is 2.35 bits per heavy atom. The summed E-state index contributed by atoms with van der Waals surface area (Å²) < 4.78 is 0. The molecule has 0 atom stereocenters. The van der Waals surface area contributed by atoms with E-state index in [4.69, 9.17) is 5.26 Å². The molecule has 0 aliphatic rings. The summed E-state index contributed by atoms with van der Waals surface area (Å²) in [6.45, 7) is 3.90. The van der Waals surface area contributed by atoms with E-state index in [-0.39, 0.29) is 5.91 Å². The van der Waals surface area contributed by atoms with Crippen LogP contribution in [-0.4, -0.2) is 21.9 Å². The molecule has 1 amide bonds. The second-order valence-electron chi connectivity index (χ2n) is 4.15. The first-order chi connectivity index (χ1) is 9.65. The van der Waals surface area contributed by atoms with Crippen LogP contribution in [-0.2, 0) is 0 Å².